The van der Waals surface area contributed by atoms with Crippen molar-refractivity contribution in [3.05, 3.63) is 86.3 Å². The van der Waals surface area contributed by atoms with Crippen LogP contribution in [0.4, 0.5) is 0 Å². The van der Waals surface area contributed by atoms with Gasteiger partial charge >= 0.3 is 5.97 Å². The van der Waals surface area contributed by atoms with Crippen molar-refractivity contribution in [1.29, 1.82) is 0 Å². The number of para-hydroxylation sites is 1. The zero-order valence-corrected chi connectivity index (χ0v) is 15.9. The van der Waals surface area contributed by atoms with E-state index in [-0.39, 0.29) is 17.1 Å². The number of carbonyl (C=O) groups is 2. The number of nitrogens with zero attached hydrogens (tertiary/aromatic N) is 1. The van der Waals surface area contributed by atoms with E-state index < -0.39 is 23.5 Å². The number of benzene rings is 2. The molecule has 3 N–H and O–H groups in total. The second kappa shape index (κ2) is 8.33. The second-order valence-electron chi connectivity index (χ2n) is 5.98. The van der Waals surface area contributed by atoms with Crippen LogP contribution in [0.25, 0.3) is 5.69 Å². The van der Waals surface area contributed by atoms with Gasteiger partial charge in [-0.15, -0.1) is 0 Å². The smallest absolute Gasteiger partial charge is 0.305 e. The molecule has 0 aliphatic rings. The van der Waals surface area contributed by atoms with E-state index in [2.05, 4.69) is 10.4 Å². The fourth-order valence-corrected chi connectivity index (χ4v) is 2.98. The van der Waals surface area contributed by atoms with E-state index in [0.717, 1.165) is 6.07 Å². The highest BCUT2D eigenvalue weighted by molar-refractivity contribution is 6.42. The summed E-state index contributed by atoms with van der Waals surface area (Å²) in [5.74, 6) is -1.73. The van der Waals surface area contributed by atoms with E-state index >= 15 is 0 Å². The largest absolute Gasteiger partial charge is 0.481 e. The average molecular weight is 420 g/mol. The van der Waals surface area contributed by atoms with Crippen molar-refractivity contribution in [1.82, 2.24) is 15.1 Å². The van der Waals surface area contributed by atoms with Crippen LogP contribution in [0.1, 0.15) is 28.5 Å². The number of carboxylic acids is 1. The van der Waals surface area contributed by atoms with Gasteiger partial charge in [-0.3, -0.25) is 19.5 Å². The first-order chi connectivity index (χ1) is 13.3. The Morgan fingerprint density at radius 2 is 1.79 bits per heavy atom. The first kappa shape index (κ1) is 19.7. The number of carboxylic acid groups (broad SMARTS) is 1. The van der Waals surface area contributed by atoms with E-state index in [9.17, 15) is 19.5 Å². The molecule has 144 valence electrons. The standard InChI is InChI=1S/C19H15Cl2N3O4/c20-13-7-6-11(8-14(13)21)15(10-18(26)27)22-19(28)16-9-17(25)24(23-16)12-4-2-1-3-5-12/h1-9,15,23H,10H2,(H,22,28)(H,26,27). The normalized spacial score (nSPS) is 11.8. The fourth-order valence-electron chi connectivity index (χ4n) is 2.67. The van der Waals surface area contributed by atoms with Crippen LogP contribution < -0.4 is 10.9 Å². The van der Waals surface area contributed by atoms with Crippen molar-refractivity contribution >= 4 is 35.1 Å². The van der Waals surface area contributed by atoms with Crippen molar-refractivity contribution < 1.29 is 14.7 Å². The predicted octanol–water partition coefficient (Wildman–Crippen LogP) is 3.42. The molecule has 0 aliphatic carbocycles. The van der Waals surface area contributed by atoms with Crippen LogP contribution in [0.15, 0.2) is 59.4 Å². The highest BCUT2D eigenvalue weighted by Crippen LogP contribution is 2.27. The molecule has 3 rings (SSSR count). The van der Waals surface area contributed by atoms with Gasteiger partial charge in [0.05, 0.1) is 28.2 Å². The molecule has 7 nitrogen and oxygen atoms in total. The van der Waals surface area contributed by atoms with Gasteiger partial charge in [0.15, 0.2) is 0 Å². The maximum Gasteiger partial charge on any atom is 0.305 e. The molecule has 0 fully saturated rings. The molecule has 28 heavy (non-hydrogen) atoms. The maximum absolute atomic E-state index is 12.6. The SMILES string of the molecule is O=C(O)CC(NC(=O)c1cc(=O)n(-c2ccccc2)[nH]1)c1ccc(Cl)c(Cl)c1. The van der Waals surface area contributed by atoms with Gasteiger partial charge in [-0.1, -0.05) is 47.5 Å². The Balaban J connectivity index is 1.87. The molecule has 0 saturated carbocycles. The second-order valence-corrected chi connectivity index (χ2v) is 6.79. The number of carbonyl (C=O) groups excluding carboxylic acids is 1. The zero-order valence-electron chi connectivity index (χ0n) is 14.4. The molecule has 1 atom stereocenters. The molecular formula is C19H15Cl2N3O4. The first-order valence-corrected chi connectivity index (χ1v) is 8.96. The van der Waals surface area contributed by atoms with Crippen LogP contribution >= 0.6 is 23.2 Å². The minimum Gasteiger partial charge on any atom is -0.481 e. The first-order valence-electron chi connectivity index (χ1n) is 8.20. The lowest BCUT2D eigenvalue weighted by atomic mass is 10.0. The minimum atomic E-state index is -1.10. The van der Waals surface area contributed by atoms with E-state index in [1.54, 1.807) is 36.4 Å². The van der Waals surface area contributed by atoms with Gasteiger partial charge < -0.3 is 10.4 Å². The number of hydrogen-bond acceptors (Lipinski definition) is 3. The summed E-state index contributed by atoms with van der Waals surface area (Å²) < 4.78 is 1.22. The van der Waals surface area contributed by atoms with Crippen molar-refractivity contribution in [3.63, 3.8) is 0 Å². The summed E-state index contributed by atoms with van der Waals surface area (Å²) in [4.78, 5) is 36.0. The van der Waals surface area contributed by atoms with Crippen molar-refractivity contribution in [2.45, 2.75) is 12.5 Å². The van der Waals surface area contributed by atoms with E-state index in [4.69, 9.17) is 23.2 Å². The maximum atomic E-state index is 12.6. The fraction of sp³-hybridized carbons (Fsp3) is 0.105. The molecule has 1 heterocycles. The quantitative estimate of drug-likeness (QED) is 0.569. The molecule has 2 aromatic carbocycles. The van der Waals surface area contributed by atoms with Gasteiger partial charge in [0, 0.05) is 6.07 Å². The molecule has 0 radical (unpaired) electrons. The van der Waals surface area contributed by atoms with Crippen LogP contribution in [0.2, 0.25) is 10.0 Å². The summed E-state index contributed by atoms with van der Waals surface area (Å²) >= 11 is 11.9. The van der Waals surface area contributed by atoms with Crippen molar-refractivity contribution in [2.24, 2.45) is 0 Å². The Kier molecular flexibility index (Phi) is 5.87. The monoisotopic (exact) mass is 419 g/mol. The molecule has 0 saturated heterocycles. The van der Waals surface area contributed by atoms with Gasteiger partial charge in [-0.2, -0.15) is 0 Å². The third-order valence-electron chi connectivity index (χ3n) is 4.01. The van der Waals surface area contributed by atoms with Crippen LogP contribution in [0.3, 0.4) is 0 Å². The molecule has 1 aromatic heterocycles. The summed E-state index contributed by atoms with van der Waals surface area (Å²) in [6.45, 7) is 0. The number of amides is 1. The summed E-state index contributed by atoms with van der Waals surface area (Å²) in [5.41, 5.74) is 0.637. The Hall–Kier alpha value is -3.03. The lowest BCUT2D eigenvalue weighted by Gasteiger charge is -2.17. The molecule has 3 aromatic rings. The number of nitrogens with one attached hydrogen (secondary N) is 2. The molecule has 0 aliphatic heterocycles. The highest BCUT2D eigenvalue weighted by atomic mass is 35.5. The minimum absolute atomic E-state index is 0.00398. The van der Waals surface area contributed by atoms with Crippen LogP contribution in [-0.4, -0.2) is 26.8 Å². The molecule has 9 heteroatoms. The number of H-pyrrole nitrogens is 1. The molecule has 0 spiro atoms. The third kappa shape index (κ3) is 4.44. The Bertz CT molecular complexity index is 1080. The topological polar surface area (TPSA) is 104 Å². The lowest BCUT2D eigenvalue weighted by Crippen LogP contribution is -2.30. The Labute approximate surface area is 169 Å². The van der Waals surface area contributed by atoms with Gasteiger partial charge in [0.1, 0.15) is 5.69 Å². The van der Waals surface area contributed by atoms with Crippen LogP contribution in [-0.2, 0) is 4.79 Å². The van der Waals surface area contributed by atoms with Crippen LogP contribution in [0, 0.1) is 0 Å². The van der Waals surface area contributed by atoms with E-state index in [0.29, 0.717) is 16.3 Å². The highest BCUT2D eigenvalue weighted by Gasteiger charge is 2.21. The number of aromatic nitrogens is 2. The van der Waals surface area contributed by atoms with Crippen molar-refractivity contribution in [3.8, 4) is 5.69 Å². The molecule has 1 unspecified atom stereocenters. The predicted molar refractivity (Wildman–Crippen MR) is 105 cm³/mol. The Morgan fingerprint density at radius 3 is 2.43 bits per heavy atom. The number of hydrogen-bond donors (Lipinski definition) is 3. The van der Waals surface area contributed by atoms with E-state index in [1.807, 2.05) is 0 Å². The molecule has 0 bridgehead atoms. The number of rotatable bonds is 6. The average Bonchev–Trinajstić information content (AvgIpc) is 3.05. The summed E-state index contributed by atoms with van der Waals surface area (Å²) in [6, 6.07) is 13.6. The van der Waals surface area contributed by atoms with Gasteiger partial charge in [0.25, 0.3) is 11.5 Å². The number of halogens is 2. The summed E-state index contributed by atoms with van der Waals surface area (Å²) in [7, 11) is 0. The van der Waals surface area contributed by atoms with Crippen molar-refractivity contribution in [2.75, 3.05) is 0 Å². The Morgan fingerprint density at radius 1 is 1.07 bits per heavy atom. The summed E-state index contributed by atoms with van der Waals surface area (Å²) in [6.07, 6.45) is -0.368. The van der Waals surface area contributed by atoms with E-state index in [1.165, 1.54) is 16.8 Å². The summed E-state index contributed by atoms with van der Waals surface area (Å²) in [5, 5.41) is 15.1. The molecule has 1 amide bonds. The lowest BCUT2D eigenvalue weighted by molar-refractivity contribution is -0.137. The van der Waals surface area contributed by atoms with Gasteiger partial charge in [-0.25, -0.2) is 4.68 Å². The van der Waals surface area contributed by atoms with Gasteiger partial charge in [-0.05, 0) is 29.8 Å². The van der Waals surface area contributed by atoms with Gasteiger partial charge in [0.2, 0.25) is 0 Å². The zero-order chi connectivity index (χ0) is 20.3. The number of aromatic amines is 1. The number of aliphatic carboxylic acids is 1. The third-order valence-corrected chi connectivity index (χ3v) is 4.75. The molecular weight excluding hydrogens is 405 g/mol. The van der Waals surface area contributed by atoms with Crippen LogP contribution in [0.5, 0.6) is 0 Å².